The molecule has 1 aromatic heterocycles. The zero-order chi connectivity index (χ0) is 10.7. The zero-order valence-electron chi connectivity index (χ0n) is 8.97. The Kier molecular flexibility index (Phi) is 3.02. The van der Waals surface area contributed by atoms with E-state index < -0.39 is 0 Å². The molecule has 80 valence electrons. The van der Waals surface area contributed by atoms with E-state index in [0.29, 0.717) is 0 Å². The second kappa shape index (κ2) is 4.45. The van der Waals surface area contributed by atoms with Crippen LogP contribution in [-0.2, 0) is 6.42 Å². The van der Waals surface area contributed by atoms with Crippen molar-refractivity contribution in [3.05, 3.63) is 39.8 Å². The van der Waals surface area contributed by atoms with Gasteiger partial charge in [-0.25, -0.2) is 0 Å². The normalized spacial score (nSPS) is 16.2. The Morgan fingerprint density at radius 1 is 1.40 bits per heavy atom. The first kappa shape index (κ1) is 10.2. The molecule has 0 spiro atoms. The van der Waals surface area contributed by atoms with Gasteiger partial charge in [0.25, 0.3) is 5.56 Å². The Hall–Kier alpha value is -1.35. The molecule has 1 aliphatic rings. The molecule has 0 amide bonds. The highest BCUT2D eigenvalue weighted by Crippen LogP contribution is 2.16. The number of hydrogen-bond acceptors (Lipinski definition) is 2. The van der Waals surface area contributed by atoms with Gasteiger partial charge in [0.15, 0.2) is 0 Å². The molecule has 15 heavy (non-hydrogen) atoms. The zero-order valence-corrected chi connectivity index (χ0v) is 8.97. The van der Waals surface area contributed by atoms with E-state index in [-0.39, 0.29) is 5.56 Å². The minimum absolute atomic E-state index is 0.0504. The Labute approximate surface area is 89.2 Å². The number of aromatic nitrogens is 1. The second-order valence-corrected chi connectivity index (χ2v) is 3.76. The van der Waals surface area contributed by atoms with Crippen LogP contribution >= 0.6 is 0 Å². The fourth-order valence-corrected chi connectivity index (χ4v) is 1.84. The van der Waals surface area contributed by atoms with Crippen molar-refractivity contribution in [1.82, 2.24) is 10.3 Å². The minimum atomic E-state index is 0.0504. The third-order valence-electron chi connectivity index (χ3n) is 2.78. The van der Waals surface area contributed by atoms with E-state index in [1.54, 1.807) is 0 Å². The summed E-state index contributed by atoms with van der Waals surface area (Å²) in [5.74, 6) is 0. The number of nitrogens with one attached hydrogen (secondary N) is 2. The third-order valence-corrected chi connectivity index (χ3v) is 2.78. The summed E-state index contributed by atoms with van der Waals surface area (Å²) in [5, 5.41) is 3.25. The molecule has 0 saturated heterocycles. The standard InChI is InChI=1S/C12H16N2O/c1-2-9-3-4-11(14-12(9)15)10-5-7-13-8-6-10/h3-5,13H,2,6-8H2,1H3,(H,14,15). The molecule has 0 aromatic carbocycles. The van der Waals surface area contributed by atoms with Gasteiger partial charge in [0.1, 0.15) is 0 Å². The van der Waals surface area contributed by atoms with Crippen molar-refractivity contribution in [2.24, 2.45) is 0 Å². The van der Waals surface area contributed by atoms with Gasteiger partial charge < -0.3 is 10.3 Å². The number of pyridine rings is 1. The fraction of sp³-hybridized carbons (Fsp3) is 0.417. The Balaban J connectivity index is 2.33. The van der Waals surface area contributed by atoms with Crippen molar-refractivity contribution in [3.63, 3.8) is 0 Å². The summed E-state index contributed by atoms with van der Waals surface area (Å²) in [6.45, 7) is 3.88. The topological polar surface area (TPSA) is 44.9 Å². The molecule has 1 aromatic rings. The quantitative estimate of drug-likeness (QED) is 0.763. The molecular weight excluding hydrogens is 188 g/mol. The van der Waals surface area contributed by atoms with Gasteiger partial charge in [-0.1, -0.05) is 19.1 Å². The Morgan fingerprint density at radius 3 is 2.87 bits per heavy atom. The molecule has 0 radical (unpaired) electrons. The van der Waals surface area contributed by atoms with Crippen molar-refractivity contribution in [3.8, 4) is 0 Å². The highest BCUT2D eigenvalue weighted by molar-refractivity contribution is 5.63. The van der Waals surface area contributed by atoms with Crippen LogP contribution in [0, 0.1) is 0 Å². The second-order valence-electron chi connectivity index (χ2n) is 3.76. The maximum atomic E-state index is 11.6. The highest BCUT2D eigenvalue weighted by Gasteiger charge is 2.07. The highest BCUT2D eigenvalue weighted by atomic mass is 16.1. The number of rotatable bonds is 2. The van der Waals surface area contributed by atoms with Gasteiger partial charge in [0.05, 0.1) is 0 Å². The van der Waals surface area contributed by atoms with Gasteiger partial charge in [-0.05, 0) is 31.0 Å². The van der Waals surface area contributed by atoms with E-state index in [9.17, 15) is 4.79 Å². The molecule has 0 fully saturated rings. The maximum Gasteiger partial charge on any atom is 0.251 e. The fourth-order valence-electron chi connectivity index (χ4n) is 1.84. The lowest BCUT2D eigenvalue weighted by Gasteiger charge is -2.13. The first-order valence-electron chi connectivity index (χ1n) is 5.43. The molecule has 0 unspecified atom stereocenters. The monoisotopic (exact) mass is 204 g/mol. The molecule has 2 heterocycles. The van der Waals surface area contributed by atoms with Gasteiger partial charge >= 0.3 is 0 Å². The lowest BCUT2D eigenvalue weighted by atomic mass is 10.0. The summed E-state index contributed by atoms with van der Waals surface area (Å²) < 4.78 is 0. The number of aryl methyl sites for hydroxylation is 1. The third kappa shape index (κ3) is 2.18. The van der Waals surface area contributed by atoms with Crippen LogP contribution in [-0.4, -0.2) is 18.1 Å². The molecule has 0 atom stereocenters. The number of aromatic amines is 1. The van der Waals surface area contributed by atoms with Crippen LogP contribution in [0.4, 0.5) is 0 Å². The van der Waals surface area contributed by atoms with Crippen molar-refractivity contribution >= 4 is 5.57 Å². The van der Waals surface area contributed by atoms with Crippen LogP contribution in [0.5, 0.6) is 0 Å². The van der Waals surface area contributed by atoms with Gasteiger partial charge in [0.2, 0.25) is 0 Å². The van der Waals surface area contributed by atoms with E-state index in [2.05, 4.69) is 16.4 Å². The van der Waals surface area contributed by atoms with Crippen LogP contribution < -0.4 is 10.9 Å². The van der Waals surface area contributed by atoms with Crippen molar-refractivity contribution in [2.45, 2.75) is 19.8 Å². The molecule has 3 heteroatoms. The van der Waals surface area contributed by atoms with Gasteiger partial charge in [0, 0.05) is 17.8 Å². The smallest absolute Gasteiger partial charge is 0.251 e. The molecule has 2 N–H and O–H groups in total. The maximum absolute atomic E-state index is 11.6. The first-order valence-corrected chi connectivity index (χ1v) is 5.43. The predicted octanol–water partition coefficient (Wildman–Crippen LogP) is 1.31. The molecule has 3 nitrogen and oxygen atoms in total. The van der Waals surface area contributed by atoms with Crippen LogP contribution in [0.2, 0.25) is 0 Å². The first-order chi connectivity index (χ1) is 7.31. The number of H-pyrrole nitrogens is 1. The summed E-state index contributed by atoms with van der Waals surface area (Å²) in [6.07, 6.45) is 3.91. The summed E-state index contributed by atoms with van der Waals surface area (Å²) in [7, 11) is 0. The van der Waals surface area contributed by atoms with E-state index in [0.717, 1.165) is 37.2 Å². The number of hydrogen-bond donors (Lipinski definition) is 2. The largest absolute Gasteiger partial charge is 0.322 e. The van der Waals surface area contributed by atoms with E-state index >= 15 is 0 Å². The Morgan fingerprint density at radius 2 is 2.27 bits per heavy atom. The average Bonchev–Trinajstić information content (AvgIpc) is 2.30. The molecular formula is C12H16N2O. The van der Waals surface area contributed by atoms with E-state index in [4.69, 9.17) is 0 Å². The van der Waals surface area contributed by atoms with Crippen LogP contribution in [0.1, 0.15) is 24.6 Å². The summed E-state index contributed by atoms with van der Waals surface area (Å²) in [4.78, 5) is 14.6. The summed E-state index contributed by atoms with van der Waals surface area (Å²) in [6, 6.07) is 3.94. The summed E-state index contributed by atoms with van der Waals surface area (Å²) in [5.41, 5.74) is 3.12. The van der Waals surface area contributed by atoms with Crippen LogP contribution in [0.15, 0.2) is 23.0 Å². The molecule has 2 rings (SSSR count). The van der Waals surface area contributed by atoms with Gasteiger partial charge in [-0.3, -0.25) is 4.79 Å². The molecule has 0 bridgehead atoms. The van der Waals surface area contributed by atoms with E-state index in [1.165, 1.54) is 5.57 Å². The van der Waals surface area contributed by atoms with Crippen molar-refractivity contribution in [1.29, 1.82) is 0 Å². The van der Waals surface area contributed by atoms with E-state index in [1.807, 2.05) is 19.1 Å². The van der Waals surface area contributed by atoms with Crippen molar-refractivity contribution in [2.75, 3.05) is 13.1 Å². The average molecular weight is 204 g/mol. The molecule has 0 aliphatic carbocycles. The predicted molar refractivity (Wildman–Crippen MR) is 61.9 cm³/mol. The van der Waals surface area contributed by atoms with Crippen molar-refractivity contribution < 1.29 is 0 Å². The SMILES string of the molecule is CCc1ccc(C2=CCNCC2)[nH]c1=O. The van der Waals surface area contributed by atoms with Gasteiger partial charge in [-0.15, -0.1) is 0 Å². The molecule has 1 aliphatic heterocycles. The molecule has 0 saturated carbocycles. The van der Waals surface area contributed by atoms with Gasteiger partial charge in [-0.2, -0.15) is 0 Å². The van der Waals surface area contributed by atoms with Crippen LogP contribution in [0.25, 0.3) is 5.57 Å². The summed E-state index contributed by atoms with van der Waals surface area (Å²) >= 11 is 0. The lowest BCUT2D eigenvalue weighted by Crippen LogP contribution is -2.21. The van der Waals surface area contributed by atoms with Crippen LogP contribution in [0.3, 0.4) is 0 Å². The Bertz CT molecular complexity index is 431. The lowest BCUT2D eigenvalue weighted by molar-refractivity contribution is 0.736. The minimum Gasteiger partial charge on any atom is -0.322 e.